The molecule has 0 aliphatic carbocycles. The summed E-state index contributed by atoms with van der Waals surface area (Å²) in [5.74, 6) is 0.369. The van der Waals surface area contributed by atoms with Crippen LogP contribution in [0.5, 0.6) is 0 Å². The van der Waals surface area contributed by atoms with Crippen LogP contribution in [-0.4, -0.2) is 52.7 Å². The highest BCUT2D eigenvalue weighted by Gasteiger charge is 2.35. The highest BCUT2D eigenvalue weighted by Crippen LogP contribution is 2.37. The van der Waals surface area contributed by atoms with Crippen molar-refractivity contribution in [3.05, 3.63) is 30.1 Å². The summed E-state index contributed by atoms with van der Waals surface area (Å²) < 4.78 is 53.9. The quantitative estimate of drug-likeness (QED) is 0.709. The van der Waals surface area contributed by atoms with Crippen molar-refractivity contribution >= 4 is 27.7 Å². The minimum absolute atomic E-state index is 0.120. The van der Waals surface area contributed by atoms with Crippen LogP contribution in [0, 0.1) is 5.92 Å². The van der Waals surface area contributed by atoms with E-state index in [-0.39, 0.29) is 17.1 Å². The second-order valence-corrected chi connectivity index (χ2v) is 8.33. The Morgan fingerprint density at radius 3 is 2.57 bits per heavy atom. The van der Waals surface area contributed by atoms with Gasteiger partial charge in [0.1, 0.15) is 11.0 Å². The van der Waals surface area contributed by atoms with Gasteiger partial charge in [0.05, 0.1) is 22.2 Å². The van der Waals surface area contributed by atoms with E-state index in [0.717, 1.165) is 19.0 Å². The van der Waals surface area contributed by atoms with E-state index in [1.807, 2.05) is 0 Å². The monoisotopic (exact) mass is 415 g/mol. The Balaban J connectivity index is 1.82. The molecule has 3 unspecified atom stereocenters. The number of aromatic nitrogens is 2. The van der Waals surface area contributed by atoms with Crippen LogP contribution in [0.3, 0.4) is 0 Å². The number of fused-ring (bicyclic) bond motifs is 1. The van der Waals surface area contributed by atoms with E-state index in [0.29, 0.717) is 31.2 Å². The Hall–Kier alpha value is -1.78. The minimum atomic E-state index is -4.47. The summed E-state index contributed by atoms with van der Waals surface area (Å²) in [6, 6.07) is 2.77. The van der Waals surface area contributed by atoms with Crippen LogP contribution in [0.1, 0.15) is 18.9 Å². The topological polar surface area (TPSA) is 70.2 Å². The maximum absolute atomic E-state index is 13.3. The molecule has 0 bridgehead atoms. The van der Waals surface area contributed by atoms with E-state index in [2.05, 4.69) is 31.8 Å². The van der Waals surface area contributed by atoms with Gasteiger partial charge in [0, 0.05) is 50.9 Å². The lowest BCUT2D eigenvalue weighted by Crippen LogP contribution is -2.50. The van der Waals surface area contributed by atoms with Crippen molar-refractivity contribution in [1.29, 1.82) is 0 Å². The number of hydrogen-bond acceptors (Lipinski definition) is 5. The molecule has 1 saturated heterocycles. The molecule has 0 radical (unpaired) electrons. The lowest BCUT2D eigenvalue weighted by Gasteiger charge is -2.38. The molecule has 1 aromatic carbocycles. The number of alkyl halides is 3. The average Bonchev–Trinajstić information content (AvgIpc) is 2.63. The molecule has 154 valence electrons. The molecule has 0 amide bonds. The molecule has 2 N–H and O–H groups in total. The average molecular weight is 415 g/mol. The molecule has 3 rings (SSSR count). The van der Waals surface area contributed by atoms with Crippen LogP contribution in [0.2, 0.25) is 0 Å². The summed E-state index contributed by atoms with van der Waals surface area (Å²) in [5, 5.41) is 3.44. The first-order chi connectivity index (χ1) is 13.3. The van der Waals surface area contributed by atoms with E-state index in [9.17, 15) is 17.4 Å². The van der Waals surface area contributed by atoms with Crippen molar-refractivity contribution < 1.29 is 17.4 Å². The molecule has 2 aromatic rings. The Morgan fingerprint density at radius 1 is 1.18 bits per heavy atom. The van der Waals surface area contributed by atoms with Crippen LogP contribution in [0.25, 0.3) is 11.0 Å². The molecular weight excluding hydrogens is 391 g/mol. The Labute approximate surface area is 164 Å². The molecule has 28 heavy (non-hydrogen) atoms. The van der Waals surface area contributed by atoms with Gasteiger partial charge in [-0.05, 0) is 24.5 Å². The normalized spacial score (nSPS) is 21.8. The minimum Gasteiger partial charge on any atom is -0.368 e. The molecule has 1 aliphatic heterocycles. The van der Waals surface area contributed by atoms with Gasteiger partial charge in [-0.1, -0.05) is 6.92 Å². The van der Waals surface area contributed by atoms with Crippen molar-refractivity contribution in [2.75, 3.05) is 37.3 Å². The Bertz CT molecular complexity index is 848. The van der Waals surface area contributed by atoms with Gasteiger partial charge in [0.15, 0.2) is 0 Å². The number of anilines is 1. The molecule has 2 heterocycles. The fourth-order valence-corrected chi connectivity index (χ4v) is 4.08. The van der Waals surface area contributed by atoms with Crippen molar-refractivity contribution in [3.8, 4) is 0 Å². The SMILES string of the molecule is CC1CC(NCCNS(C)=O)CN(c2ccc(C(F)(F)F)c3nccnc23)C1. The zero-order valence-electron chi connectivity index (χ0n) is 15.8. The standard InChI is InChI=1S/C18H24F3N5OS/c1-12-9-13(22-7-8-25-28(2)27)11-26(10-12)15-4-3-14(18(19,20)21)16-17(15)24-6-5-23-16/h3-6,12-13,22,25H,7-11H2,1-2H3. The molecule has 6 nitrogen and oxygen atoms in total. The van der Waals surface area contributed by atoms with Crippen molar-refractivity contribution in [2.45, 2.75) is 25.6 Å². The first-order valence-corrected chi connectivity index (χ1v) is 10.7. The van der Waals surface area contributed by atoms with Gasteiger partial charge in [-0.3, -0.25) is 9.97 Å². The van der Waals surface area contributed by atoms with Gasteiger partial charge >= 0.3 is 6.18 Å². The molecule has 0 saturated carbocycles. The number of hydrogen-bond donors (Lipinski definition) is 2. The van der Waals surface area contributed by atoms with E-state index in [4.69, 9.17) is 0 Å². The summed E-state index contributed by atoms with van der Waals surface area (Å²) in [7, 11) is -1.05. The van der Waals surface area contributed by atoms with Crippen LogP contribution in [-0.2, 0) is 17.2 Å². The third kappa shape index (κ3) is 4.98. The van der Waals surface area contributed by atoms with Gasteiger partial charge in [-0.25, -0.2) is 8.93 Å². The number of rotatable bonds is 6. The van der Waals surface area contributed by atoms with Crippen LogP contribution >= 0.6 is 0 Å². The summed E-state index contributed by atoms with van der Waals surface area (Å²) in [6.45, 7) is 4.78. The first kappa shape index (κ1) is 20.9. The molecule has 10 heteroatoms. The fraction of sp³-hybridized carbons (Fsp3) is 0.556. The summed E-state index contributed by atoms with van der Waals surface area (Å²) in [6.07, 6.45) is 0.788. The predicted molar refractivity (Wildman–Crippen MR) is 104 cm³/mol. The van der Waals surface area contributed by atoms with Gasteiger partial charge in [0.2, 0.25) is 0 Å². The second-order valence-electron chi connectivity index (χ2n) is 7.13. The van der Waals surface area contributed by atoms with E-state index < -0.39 is 22.7 Å². The zero-order valence-corrected chi connectivity index (χ0v) is 16.6. The van der Waals surface area contributed by atoms with E-state index in [1.165, 1.54) is 18.5 Å². The highest BCUT2D eigenvalue weighted by atomic mass is 32.2. The molecular formula is C18H24F3N5OS. The second kappa shape index (κ2) is 8.71. The van der Waals surface area contributed by atoms with Gasteiger partial charge in [0.25, 0.3) is 0 Å². The summed E-state index contributed by atoms with van der Waals surface area (Å²) in [5.41, 5.74) is 0.0537. The maximum atomic E-state index is 13.3. The van der Waals surface area contributed by atoms with Crippen molar-refractivity contribution in [2.24, 2.45) is 5.92 Å². The van der Waals surface area contributed by atoms with Crippen LogP contribution in [0.15, 0.2) is 24.5 Å². The molecule has 0 spiro atoms. The van der Waals surface area contributed by atoms with Crippen LogP contribution in [0.4, 0.5) is 18.9 Å². The molecule has 1 fully saturated rings. The number of halogens is 3. The Kier molecular flexibility index (Phi) is 6.51. The lowest BCUT2D eigenvalue weighted by atomic mass is 9.95. The van der Waals surface area contributed by atoms with E-state index in [1.54, 1.807) is 6.26 Å². The van der Waals surface area contributed by atoms with Crippen molar-refractivity contribution in [3.63, 3.8) is 0 Å². The van der Waals surface area contributed by atoms with Gasteiger partial charge < -0.3 is 10.2 Å². The predicted octanol–water partition coefficient (Wildman–Crippen LogP) is 2.34. The largest absolute Gasteiger partial charge is 0.418 e. The van der Waals surface area contributed by atoms with Gasteiger partial charge in [-0.15, -0.1) is 0 Å². The third-order valence-electron chi connectivity index (χ3n) is 4.77. The fourth-order valence-electron chi connectivity index (χ4n) is 3.69. The van der Waals surface area contributed by atoms with Crippen LogP contribution < -0.4 is 14.9 Å². The van der Waals surface area contributed by atoms with Crippen molar-refractivity contribution in [1.82, 2.24) is 20.0 Å². The number of nitrogens with one attached hydrogen (secondary N) is 2. The number of benzene rings is 1. The highest BCUT2D eigenvalue weighted by molar-refractivity contribution is 7.82. The maximum Gasteiger partial charge on any atom is 0.418 e. The lowest BCUT2D eigenvalue weighted by molar-refractivity contribution is -0.136. The Morgan fingerprint density at radius 2 is 1.89 bits per heavy atom. The third-order valence-corrected chi connectivity index (χ3v) is 5.38. The smallest absolute Gasteiger partial charge is 0.368 e. The molecule has 1 aliphatic rings. The number of piperidine rings is 1. The van der Waals surface area contributed by atoms with E-state index >= 15 is 0 Å². The number of nitrogens with zero attached hydrogens (tertiary/aromatic N) is 3. The molecule has 1 aromatic heterocycles. The van der Waals surface area contributed by atoms with Gasteiger partial charge in [-0.2, -0.15) is 13.2 Å². The zero-order chi connectivity index (χ0) is 20.3. The molecule has 3 atom stereocenters. The summed E-state index contributed by atoms with van der Waals surface area (Å²) in [4.78, 5) is 10.2. The first-order valence-electron chi connectivity index (χ1n) is 9.12. The summed E-state index contributed by atoms with van der Waals surface area (Å²) >= 11 is 0.